The van der Waals surface area contributed by atoms with E-state index in [4.69, 9.17) is 5.73 Å². The Balaban J connectivity index is 0.00000432. The van der Waals surface area contributed by atoms with Gasteiger partial charge in [-0.1, -0.05) is 26.0 Å². The van der Waals surface area contributed by atoms with E-state index in [-0.39, 0.29) is 35.9 Å². The number of hydrogen-bond acceptors (Lipinski definition) is 7. The van der Waals surface area contributed by atoms with Gasteiger partial charge in [0.1, 0.15) is 17.0 Å². The number of nitrogens with zero attached hydrogens (tertiary/aromatic N) is 1. The number of anilines is 1. The molecule has 8 N–H and O–H groups in total. The molecule has 0 saturated carbocycles. The van der Waals surface area contributed by atoms with Crippen molar-refractivity contribution in [1.82, 2.24) is 14.9 Å². The molecule has 12 heteroatoms. The maximum Gasteiger partial charge on any atom is 0.326 e. The number of aliphatic carboxylic acids is 1. The number of carbonyl (C=O) groups excluding carboxylic acids is 1. The van der Waals surface area contributed by atoms with E-state index >= 15 is 0 Å². The molecular weight excluding hydrogens is 474 g/mol. The Labute approximate surface area is 207 Å². The lowest BCUT2D eigenvalue weighted by Crippen LogP contribution is -2.56. The zero-order valence-electron chi connectivity index (χ0n) is 20.4. The van der Waals surface area contributed by atoms with Gasteiger partial charge in [-0.2, -0.15) is 4.72 Å². The first kappa shape index (κ1) is 29.0. The smallest absolute Gasteiger partial charge is 0.326 e. The lowest BCUT2D eigenvalue weighted by atomic mass is 9.91. The molecule has 2 heterocycles. The fraction of sp³-hybridized carbons (Fsp3) is 0.652. The SMILES string of the molecule is CC1CNc2c(cccc2S(=O)(=O)NC(CCCNCN)C(=O)N2CC[C@@H](C)C[C@@H]2C(=O)O)C1.O. The standard InChI is InChI=1S/C23H37N5O5S.H2O/c1-15-8-10-28(19(12-15)23(30)31)22(29)18(6-4-9-25-14-24)27-34(32,33)20-7-3-5-17-11-16(2)13-26-21(17)20;/h3,5,7,15-16,18-19,25-27H,4,6,8-14,24H2,1-2H3,(H,30,31);1H2/t15-,16?,18?,19-;/m1./s1. The van der Waals surface area contributed by atoms with Crippen LogP contribution in [0.5, 0.6) is 0 Å². The molecule has 0 bridgehead atoms. The van der Waals surface area contributed by atoms with E-state index in [1.165, 1.54) is 11.0 Å². The molecule has 198 valence electrons. The predicted octanol–water partition coefficient (Wildman–Crippen LogP) is 0.111. The Morgan fingerprint density at radius 3 is 2.71 bits per heavy atom. The number of benzene rings is 1. The van der Waals surface area contributed by atoms with Crippen molar-refractivity contribution >= 4 is 27.6 Å². The van der Waals surface area contributed by atoms with E-state index < -0.39 is 34.0 Å². The first-order valence-corrected chi connectivity index (χ1v) is 13.4. The van der Waals surface area contributed by atoms with Crippen molar-refractivity contribution in [2.75, 3.05) is 31.6 Å². The lowest BCUT2D eigenvalue weighted by Gasteiger charge is -2.38. The van der Waals surface area contributed by atoms with Crippen molar-refractivity contribution < 1.29 is 28.6 Å². The van der Waals surface area contributed by atoms with E-state index in [1.54, 1.807) is 6.07 Å². The highest BCUT2D eigenvalue weighted by Crippen LogP contribution is 2.31. The summed E-state index contributed by atoms with van der Waals surface area (Å²) in [6, 6.07) is 3.12. The first-order valence-electron chi connectivity index (χ1n) is 12.0. The molecule has 0 radical (unpaired) electrons. The number of sulfonamides is 1. The van der Waals surface area contributed by atoms with Crippen molar-refractivity contribution in [2.45, 2.75) is 62.9 Å². The van der Waals surface area contributed by atoms with Gasteiger partial charge < -0.3 is 31.8 Å². The van der Waals surface area contributed by atoms with Gasteiger partial charge in [0.15, 0.2) is 0 Å². The zero-order chi connectivity index (χ0) is 24.9. The van der Waals surface area contributed by atoms with Gasteiger partial charge >= 0.3 is 5.97 Å². The van der Waals surface area contributed by atoms with Crippen molar-refractivity contribution in [3.05, 3.63) is 23.8 Å². The Morgan fingerprint density at radius 2 is 2.03 bits per heavy atom. The number of para-hydroxylation sites is 1. The topological polar surface area (TPSA) is 185 Å². The number of piperidine rings is 1. The Bertz CT molecular complexity index is 989. The number of hydrogen-bond donors (Lipinski definition) is 5. The molecule has 2 unspecified atom stereocenters. The van der Waals surface area contributed by atoms with E-state index in [0.29, 0.717) is 44.0 Å². The van der Waals surface area contributed by atoms with E-state index in [0.717, 1.165) is 12.0 Å². The van der Waals surface area contributed by atoms with Gasteiger partial charge in [0, 0.05) is 19.8 Å². The minimum absolute atomic E-state index is 0. The molecule has 4 atom stereocenters. The molecule has 1 aromatic carbocycles. The highest BCUT2D eigenvalue weighted by atomic mass is 32.2. The summed E-state index contributed by atoms with van der Waals surface area (Å²) < 4.78 is 29.5. The minimum atomic E-state index is -4.05. The second-order valence-electron chi connectivity index (χ2n) is 9.52. The second-order valence-corrected chi connectivity index (χ2v) is 11.2. The summed E-state index contributed by atoms with van der Waals surface area (Å²) in [5.41, 5.74) is 6.96. The summed E-state index contributed by atoms with van der Waals surface area (Å²) in [6.07, 6.45) is 2.52. The molecule has 3 rings (SSSR count). The van der Waals surface area contributed by atoms with Crippen LogP contribution in [0.4, 0.5) is 5.69 Å². The number of fused-ring (bicyclic) bond motifs is 1. The predicted molar refractivity (Wildman–Crippen MR) is 133 cm³/mol. The number of carbonyl (C=O) groups is 2. The number of amides is 1. The summed E-state index contributed by atoms with van der Waals surface area (Å²) in [7, 11) is -4.05. The zero-order valence-corrected chi connectivity index (χ0v) is 21.2. The third kappa shape index (κ3) is 7.14. The molecule has 2 aliphatic rings. The first-order chi connectivity index (χ1) is 16.1. The molecular formula is C23H39N5O6S. The third-order valence-corrected chi connectivity index (χ3v) is 8.13. The van der Waals surface area contributed by atoms with Gasteiger partial charge in [-0.05, 0) is 62.1 Å². The molecule has 11 nitrogen and oxygen atoms in total. The van der Waals surface area contributed by atoms with E-state index in [9.17, 15) is 23.1 Å². The number of nitrogens with one attached hydrogen (secondary N) is 3. The maximum absolute atomic E-state index is 13.5. The number of nitrogens with two attached hydrogens (primary N) is 1. The fourth-order valence-corrected chi connectivity index (χ4v) is 6.20. The second kappa shape index (κ2) is 12.6. The van der Waals surface area contributed by atoms with Crippen molar-refractivity contribution in [2.24, 2.45) is 17.6 Å². The molecule has 0 aromatic heterocycles. The van der Waals surface area contributed by atoms with Crippen molar-refractivity contribution in [3.63, 3.8) is 0 Å². The van der Waals surface area contributed by atoms with Gasteiger partial charge in [-0.3, -0.25) is 4.79 Å². The quantitative estimate of drug-likeness (QED) is 0.215. The molecule has 1 amide bonds. The molecule has 1 saturated heterocycles. The number of rotatable bonds is 10. The summed E-state index contributed by atoms with van der Waals surface area (Å²) in [4.78, 5) is 26.8. The molecule has 35 heavy (non-hydrogen) atoms. The van der Waals surface area contributed by atoms with E-state index in [1.807, 2.05) is 13.0 Å². The molecule has 0 aliphatic carbocycles. The van der Waals surface area contributed by atoms with Crippen LogP contribution in [0, 0.1) is 11.8 Å². The largest absolute Gasteiger partial charge is 0.480 e. The molecule has 0 spiro atoms. The average Bonchev–Trinajstić information content (AvgIpc) is 2.79. The van der Waals surface area contributed by atoms with Crippen LogP contribution in [0.1, 0.15) is 45.1 Å². The highest BCUT2D eigenvalue weighted by Gasteiger charge is 2.39. The van der Waals surface area contributed by atoms with Gasteiger partial charge in [0.2, 0.25) is 15.9 Å². The molecule has 1 fully saturated rings. The van der Waals surface area contributed by atoms with Crippen molar-refractivity contribution in [1.29, 1.82) is 0 Å². The number of likely N-dealkylation sites (tertiary alicyclic amines) is 1. The number of carboxylic acid groups (broad SMARTS) is 1. The van der Waals surface area contributed by atoms with Crippen LogP contribution in [0.25, 0.3) is 0 Å². The van der Waals surface area contributed by atoms with Gasteiger partial charge in [-0.25, -0.2) is 13.2 Å². The van der Waals surface area contributed by atoms with E-state index in [2.05, 4.69) is 22.3 Å². The van der Waals surface area contributed by atoms with Crippen molar-refractivity contribution in [3.8, 4) is 0 Å². The summed E-state index contributed by atoms with van der Waals surface area (Å²) in [5.74, 6) is -1.00. The van der Waals surface area contributed by atoms with Crippen LogP contribution in [0.15, 0.2) is 23.1 Å². The average molecular weight is 514 g/mol. The third-order valence-electron chi connectivity index (χ3n) is 6.62. The van der Waals surface area contributed by atoms with Crippen LogP contribution < -0.4 is 21.1 Å². The van der Waals surface area contributed by atoms with Gasteiger partial charge in [0.25, 0.3) is 0 Å². The monoisotopic (exact) mass is 513 g/mol. The Morgan fingerprint density at radius 1 is 1.29 bits per heavy atom. The van der Waals surface area contributed by atoms with Crippen LogP contribution in [0.3, 0.4) is 0 Å². The number of carboxylic acids is 1. The van der Waals surface area contributed by atoms with Crippen LogP contribution >= 0.6 is 0 Å². The van der Waals surface area contributed by atoms with Crippen LogP contribution in [-0.2, 0) is 26.0 Å². The summed E-state index contributed by atoms with van der Waals surface area (Å²) in [6.45, 7) is 5.80. The molecule has 2 aliphatic heterocycles. The van der Waals surface area contributed by atoms with Crippen LogP contribution in [0.2, 0.25) is 0 Å². The summed E-state index contributed by atoms with van der Waals surface area (Å²) in [5, 5.41) is 15.9. The van der Waals surface area contributed by atoms with Gasteiger partial charge in [-0.15, -0.1) is 0 Å². The lowest BCUT2D eigenvalue weighted by molar-refractivity contribution is -0.153. The van der Waals surface area contributed by atoms with Gasteiger partial charge in [0.05, 0.1) is 5.69 Å². The Kier molecular flexibility index (Phi) is 10.5. The normalized spacial score (nSPS) is 22.9. The minimum Gasteiger partial charge on any atom is -0.480 e. The fourth-order valence-electron chi connectivity index (χ4n) is 4.75. The maximum atomic E-state index is 13.5. The summed E-state index contributed by atoms with van der Waals surface area (Å²) >= 11 is 0. The Hall–Kier alpha value is -2.25. The molecule has 1 aromatic rings. The highest BCUT2D eigenvalue weighted by molar-refractivity contribution is 7.89. The van der Waals surface area contributed by atoms with Crippen LogP contribution in [-0.4, -0.2) is 74.2 Å².